The summed E-state index contributed by atoms with van der Waals surface area (Å²) in [5.74, 6) is 0.254. The topological polar surface area (TPSA) is 73.9 Å². The van der Waals surface area contributed by atoms with Crippen LogP contribution in [-0.4, -0.2) is 29.4 Å². The van der Waals surface area contributed by atoms with Crippen LogP contribution in [0, 0.1) is 6.92 Å². The van der Waals surface area contributed by atoms with Crippen molar-refractivity contribution >= 4 is 10.0 Å². The quantitative estimate of drug-likeness (QED) is 0.466. The average molecular weight is 261 g/mol. The number of hydrogen-bond donors (Lipinski definition) is 1. The molecule has 96 valence electrons. The van der Waals surface area contributed by atoms with Gasteiger partial charge in [0.25, 0.3) is 10.0 Å². The highest BCUT2D eigenvalue weighted by Gasteiger charge is 2.19. The van der Waals surface area contributed by atoms with Gasteiger partial charge in [0, 0.05) is 7.11 Å². The number of sulfonamides is 1. The van der Waals surface area contributed by atoms with Crippen molar-refractivity contribution in [2.75, 3.05) is 21.0 Å². The lowest BCUT2D eigenvalue weighted by Crippen LogP contribution is -2.25. The van der Waals surface area contributed by atoms with Crippen molar-refractivity contribution in [3.8, 4) is 5.75 Å². The molecular formula is C10H15NO5S. The molecule has 0 aliphatic rings. The van der Waals surface area contributed by atoms with Crippen molar-refractivity contribution in [1.82, 2.24) is 4.89 Å². The summed E-state index contributed by atoms with van der Waals surface area (Å²) < 4.78 is 33.3. The fourth-order valence-corrected chi connectivity index (χ4v) is 2.25. The molecule has 0 aromatic heterocycles. The average Bonchev–Trinajstić information content (AvgIpc) is 2.29. The maximum Gasteiger partial charge on any atom is 0.266 e. The van der Waals surface area contributed by atoms with Crippen LogP contribution in [0.2, 0.25) is 0 Å². The third-order valence-corrected chi connectivity index (χ3v) is 3.19. The normalized spacial score (nSPS) is 11.5. The summed E-state index contributed by atoms with van der Waals surface area (Å²) in [5, 5.41) is 0. The summed E-state index contributed by atoms with van der Waals surface area (Å²) in [6.45, 7) is 1.61. The van der Waals surface area contributed by atoms with Gasteiger partial charge in [0.15, 0.2) is 6.79 Å². The minimum Gasteiger partial charge on any atom is -0.495 e. The van der Waals surface area contributed by atoms with E-state index < -0.39 is 10.0 Å². The first-order chi connectivity index (χ1) is 8.01. The third kappa shape index (κ3) is 3.67. The predicted molar refractivity (Wildman–Crippen MR) is 61.0 cm³/mol. The highest BCUT2D eigenvalue weighted by Crippen LogP contribution is 2.24. The molecule has 1 rings (SSSR count). The third-order valence-electron chi connectivity index (χ3n) is 1.95. The molecule has 0 saturated heterocycles. The van der Waals surface area contributed by atoms with Gasteiger partial charge in [-0.1, -0.05) is 11.0 Å². The Hall–Kier alpha value is -1.15. The van der Waals surface area contributed by atoms with Crippen LogP contribution in [0.4, 0.5) is 0 Å². The number of hydrogen-bond acceptors (Lipinski definition) is 5. The van der Waals surface area contributed by atoms with E-state index in [0.717, 1.165) is 5.56 Å². The second-order valence-corrected chi connectivity index (χ2v) is 4.91. The Morgan fingerprint density at radius 2 is 2.00 bits per heavy atom. The Balaban J connectivity index is 3.00. The van der Waals surface area contributed by atoms with Crippen LogP contribution in [0.5, 0.6) is 5.75 Å². The lowest BCUT2D eigenvalue weighted by molar-refractivity contribution is -0.0541. The highest BCUT2D eigenvalue weighted by atomic mass is 32.2. The first kappa shape index (κ1) is 13.9. The zero-order valence-corrected chi connectivity index (χ0v) is 10.7. The molecule has 0 aliphatic heterocycles. The molecule has 1 aromatic carbocycles. The van der Waals surface area contributed by atoms with Gasteiger partial charge in [-0.05, 0) is 24.6 Å². The Bertz CT molecular complexity index is 472. The van der Waals surface area contributed by atoms with E-state index in [1.54, 1.807) is 19.1 Å². The molecule has 0 aliphatic carbocycles. The van der Waals surface area contributed by atoms with Gasteiger partial charge in [-0.15, -0.1) is 0 Å². The predicted octanol–water partition coefficient (Wildman–Crippen LogP) is 0.817. The Morgan fingerprint density at radius 1 is 1.29 bits per heavy atom. The zero-order valence-electron chi connectivity index (χ0n) is 9.89. The van der Waals surface area contributed by atoms with Gasteiger partial charge in [-0.2, -0.15) is 0 Å². The molecule has 1 N–H and O–H groups in total. The summed E-state index contributed by atoms with van der Waals surface area (Å²) >= 11 is 0. The van der Waals surface area contributed by atoms with E-state index >= 15 is 0 Å². The molecule has 0 radical (unpaired) electrons. The van der Waals surface area contributed by atoms with Gasteiger partial charge in [-0.25, -0.2) is 8.42 Å². The Kier molecular flexibility index (Phi) is 4.88. The molecule has 0 spiro atoms. The van der Waals surface area contributed by atoms with Crippen LogP contribution >= 0.6 is 0 Å². The van der Waals surface area contributed by atoms with E-state index in [4.69, 9.17) is 4.74 Å². The van der Waals surface area contributed by atoms with Gasteiger partial charge < -0.3 is 9.47 Å². The molecule has 7 heteroatoms. The first-order valence-corrected chi connectivity index (χ1v) is 6.26. The van der Waals surface area contributed by atoms with E-state index in [-0.39, 0.29) is 17.4 Å². The van der Waals surface area contributed by atoms with E-state index in [2.05, 4.69) is 9.57 Å². The number of aryl methyl sites for hydroxylation is 1. The van der Waals surface area contributed by atoms with E-state index in [1.807, 2.05) is 4.89 Å². The van der Waals surface area contributed by atoms with E-state index in [1.165, 1.54) is 20.3 Å². The van der Waals surface area contributed by atoms with Crippen LogP contribution in [0.15, 0.2) is 23.1 Å². The SMILES string of the molecule is COCONS(=O)(=O)c1cc(C)ccc1OC. The number of methoxy groups -OCH3 is 2. The highest BCUT2D eigenvalue weighted by molar-refractivity contribution is 7.89. The number of ether oxygens (including phenoxy) is 2. The summed E-state index contributed by atoms with van der Waals surface area (Å²) in [5.41, 5.74) is 0.804. The van der Waals surface area contributed by atoms with Crippen LogP contribution in [-0.2, 0) is 19.6 Å². The van der Waals surface area contributed by atoms with Gasteiger partial charge in [0.2, 0.25) is 0 Å². The minimum absolute atomic E-state index is 0.0242. The van der Waals surface area contributed by atoms with Crippen LogP contribution in [0.25, 0.3) is 0 Å². The van der Waals surface area contributed by atoms with Gasteiger partial charge in [-0.3, -0.25) is 4.84 Å². The molecule has 6 nitrogen and oxygen atoms in total. The summed E-state index contributed by atoms with van der Waals surface area (Å²) in [6.07, 6.45) is 0. The Morgan fingerprint density at radius 3 is 2.59 bits per heavy atom. The van der Waals surface area contributed by atoms with Crippen molar-refractivity contribution in [3.05, 3.63) is 23.8 Å². The van der Waals surface area contributed by atoms with Crippen molar-refractivity contribution in [1.29, 1.82) is 0 Å². The summed E-state index contributed by atoms with van der Waals surface area (Å²) in [7, 11) is -0.982. The lowest BCUT2D eigenvalue weighted by atomic mass is 10.2. The number of benzene rings is 1. The van der Waals surface area contributed by atoms with Gasteiger partial charge in [0.05, 0.1) is 7.11 Å². The molecule has 17 heavy (non-hydrogen) atoms. The molecule has 1 aromatic rings. The maximum absolute atomic E-state index is 11.9. The monoisotopic (exact) mass is 261 g/mol. The number of nitrogens with one attached hydrogen (secondary N) is 1. The van der Waals surface area contributed by atoms with E-state index in [9.17, 15) is 8.42 Å². The van der Waals surface area contributed by atoms with Gasteiger partial charge >= 0.3 is 0 Å². The van der Waals surface area contributed by atoms with Crippen LogP contribution in [0.3, 0.4) is 0 Å². The lowest BCUT2D eigenvalue weighted by Gasteiger charge is -2.10. The van der Waals surface area contributed by atoms with Crippen LogP contribution in [0.1, 0.15) is 5.56 Å². The molecule has 0 fully saturated rings. The molecule has 0 bridgehead atoms. The standard InChI is InChI=1S/C10H15NO5S/c1-8-4-5-9(15-3)10(6-8)17(12,13)11-16-7-14-2/h4-6,11H,7H2,1-3H3. The minimum atomic E-state index is -3.77. The van der Waals surface area contributed by atoms with Crippen molar-refractivity contribution < 1.29 is 22.7 Å². The molecule has 0 amide bonds. The molecular weight excluding hydrogens is 246 g/mol. The smallest absolute Gasteiger partial charge is 0.266 e. The van der Waals surface area contributed by atoms with E-state index in [0.29, 0.717) is 0 Å². The zero-order chi connectivity index (χ0) is 12.9. The maximum atomic E-state index is 11.9. The first-order valence-electron chi connectivity index (χ1n) is 4.78. The summed E-state index contributed by atoms with van der Waals surface area (Å²) in [6, 6.07) is 4.84. The molecule has 0 saturated carbocycles. The fourth-order valence-electron chi connectivity index (χ4n) is 1.20. The largest absolute Gasteiger partial charge is 0.495 e. The second-order valence-electron chi connectivity index (χ2n) is 3.29. The molecule has 0 atom stereocenters. The van der Waals surface area contributed by atoms with Crippen molar-refractivity contribution in [3.63, 3.8) is 0 Å². The number of rotatable bonds is 6. The molecule has 0 unspecified atom stereocenters. The second kappa shape index (κ2) is 5.97. The Labute approximate surface area is 100 Å². The summed E-state index contributed by atoms with van der Waals surface area (Å²) in [4.78, 5) is 6.60. The van der Waals surface area contributed by atoms with Crippen LogP contribution < -0.4 is 9.62 Å². The molecule has 0 heterocycles. The fraction of sp³-hybridized carbons (Fsp3) is 0.400. The van der Waals surface area contributed by atoms with Crippen molar-refractivity contribution in [2.45, 2.75) is 11.8 Å². The van der Waals surface area contributed by atoms with Crippen molar-refractivity contribution in [2.24, 2.45) is 0 Å². The van der Waals surface area contributed by atoms with Gasteiger partial charge in [0.1, 0.15) is 10.6 Å².